The molecule has 0 radical (unpaired) electrons. The Morgan fingerprint density at radius 2 is 1.88 bits per heavy atom. The van der Waals surface area contributed by atoms with Gasteiger partial charge in [-0.3, -0.25) is 0 Å². The highest BCUT2D eigenvalue weighted by molar-refractivity contribution is 7.98. The first-order valence-corrected chi connectivity index (χ1v) is 9.74. The number of nitrogens with one attached hydrogen (secondary N) is 1. The third-order valence-corrected chi connectivity index (χ3v) is 6.16. The van der Waals surface area contributed by atoms with Gasteiger partial charge in [-0.2, -0.15) is 0 Å². The molecule has 2 aromatic carbocycles. The second kappa shape index (κ2) is 7.04. The normalized spacial score (nSPS) is 16.7. The summed E-state index contributed by atoms with van der Waals surface area (Å²) in [5.74, 6) is 1.73. The molecule has 4 rings (SSSR count). The Bertz CT molecular complexity index is 801. The number of aromatic amines is 1. The van der Waals surface area contributed by atoms with Gasteiger partial charge >= 0.3 is 0 Å². The number of benzene rings is 2. The zero-order chi connectivity index (χ0) is 16.4. The first-order valence-electron chi connectivity index (χ1n) is 8.76. The van der Waals surface area contributed by atoms with Gasteiger partial charge in [0, 0.05) is 27.7 Å². The largest absolute Gasteiger partial charge is 0.361 e. The highest BCUT2D eigenvalue weighted by Crippen LogP contribution is 2.35. The molecule has 124 valence electrons. The number of thioether (sulfide) groups is 1. The lowest BCUT2D eigenvalue weighted by molar-refractivity contribution is 0.256. The molecule has 1 aliphatic rings. The van der Waals surface area contributed by atoms with Crippen LogP contribution < -0.4 is 0 Å². The van der Waals surface area contributed by atoms with Crippen LogP contribution in [0.25, 0.3) is 10.9 Å². The maximum absolute atomic E-state index is 3.47. The van der Waals surface area contributed by atoms with Gasteiger partial charge in [0.15, 0.2) is 0 Å². The van der Waals surface area contributed by atoms with E-state index in [4.69, 9.17) is 0 Å². The van der Waals surface area contributed by atoms with Crippen LogP contribution >= 0.6 is 11.8 Å². The van der Waals surface area contributed by atoms with Crippen LogP contribution in [0, 0.1) is 0 Å². The predicted molar refractivity (Wildman–Crippen MR) is 104 cm³/mol. The van der Waals surface area contributed by atoms with Crippen LogP contribution in [0.5, 0.6) is 0 Å². The zero-order valence-electron chi connectivity index (χ0n) is 14.2. The molecular weight excluding hydrogens is 312 g/mol. The third-order valence-electron chi connectivity index (χ3n) is 5.09. The number of hydrogen-bond acceptors (Lipinski definition) is 2. The molecule has 1 aliphatic heterocycles. The molecule has 0 spiro atoms. The topological polar surface area (TPSA) is 19.0 Å². The van der Waals surface area contributed by atoms with E-state index in [9.17, 15) is 0 Å². The van der Waals surface area contributed by atoms with Gasteiger partial charge in [0.2, 0.25) is 0 Å². The molecule has 3 heteroatoms. The second-order valence-corrected chi connectivity index (χ2v) is 7.85. The predicted octanol–water partition coefficient (Wildman–Crippen LogP) is 5.27. The van der Waals surface area contributed by atoms with E-state index >= 15 is 0 Å². The average molecular weight is 337 g/mol. The third kappa shape index (κ3) is 3.38. The molecule has 1 aromatic heterocycles. The number of piperidine rings is 1. The lowest BCUT2D eigenvalue weighted by Crippen LogP contribution is -2.29. The first-order chi connectivity index (χ1) is 11.8. The molecular formula is C21H24N2S. The van der Waals surface area contributed by atoms with E-state index in [1.807, 2.05) is 11.8 Å². The summed E-state index contributed by atoms with van der Waals surface area (Å²) in [6.07, 6.45) is 4.78. The monoisotopic (exact) mass is 336 g/mol. The number of likely N-dealkylation sites (tertiary alicyclic amines) is 1. The fourth-order valence-corrected chi connectivity index (χ4v) is 4.50. The van der Waals surface area contributed by atoms with Gasteiger partial charge in [-0.1, -0.05) is 30.3 Å². The number of aromatic nitrogens is 1. The van der Waals surface area contributed by atoms with Crippen molar-refractivity contribution in [2.24, 2.45) is 0 Å². The molecule has 0 saturated carbocycles. The fraction of sp³-hybridized carbons (Fsp3) is 0.333. The quantitative estimate of drug-likeness (QED) is 0.655. The van der Waals surface area contributed by atoms with E-state index in [1.54, 1.807) is 0 Å². The summed E-state index contributed by atoms with van der Waals surface area (Å²) in [7, 11) is 2.23. The molecule has 0 bridgehead atoms. The molecule has 0 amide bonds. The van der Waals surface area contributed by atoms with Crippen molar-refractivity contribution < 1.29 is 0 Å². The lowest BCUT2D eigenvalue weighted by atomic mass is 9.89. The van der Waals surface area contributed by atoms with Crippen molar-refractivity contribution in [3.8, 4) is 0 Å². The highest BCUT2D eigenvalue weighted by Gasteiger charge is 2.21. The van der Waals surface area contributed by atoms with Gasteiger partial charge in [0.05, 0.1) is 0 Å². The Hall–Kier alpha value is -1.71. The summed E-state index contributed by atoms with van der Waals surface area (Å²) in [5.41, 5.74) is 4.17. The second-order valence-electron chi connectivity index (χ2n) is 6.80. The van der Waals surface area contributed by atoms with Crippen molar-refractivity contribution in [2.75, 3.05) is 20.1 Å². The van der Waals surface area contributed by atoms with E-state index in [-0.39, 0.29) is 0 Å². The van der Waals surface area contributed by atoms with E-state index in [0.29, 0.717) is 5.92 Å². The van der Waals surface area contributed by atoms with Crippen molar-refractivity contribution in [1.82, 2.24) is 9.88 Å². The molecule has 0 atom stereocenters. The van der Waals surface area contributed by atoms with Crippen molar-refractivity contribution in [3.05, 3.63) is 65.9 Å². The van der Waals surface area contributed by atoms with Crippen LogP contribution in [0.4, 0.5) is 0 Å². The number of H-pyrrole nitrogens is 1. The number of fused-ring (bicyclic) bond motifs is 1. The molecule has 1 saturated heterocycles. The van der Waals surface area contributed by atoms with Crippen LogP contribution in [0.3, 0.4) is 0 Å². The minimum atomic E-state index is 0.698. The summed E-state index contributed by atoms with van der Waals surface area (Å²) in [5, 5.41) is 1.42. The molecule has 24 heavy (non-hydrogen) atoms. The highest BCUT2D eigenvalue weighted by atomic mass is 32.2. The first kappa shape index (κ1) is 15.8. The zero-order valence-corrected chi connectivity index (χ0v) is 15.0. The fourth-order valence-electron chi connectivity index (χ4n) is 3.61. The average Bonchev–Trinajstić information content (AvgIpc) is 3.05. The van der Waals surface area contributed by atoms with Gasteiger partial charge in [0.25, 0.3) is 0 Å². The Morgan fingerprint density at radius 1 is 1.08 bits per heavy atom. The molecule has 1 fully saturated rings. The molecule has 1 N–H and O–H groups in total. The number of nitrogens with zero attached hydrogens (tertiary/aromatic N) is 1. The number of rotatable bonds is 4. The number of hydrogen-bond donors (Lipinski definition) is 1. The molecule has 0 aliphatic carbocycles. The van der Waals surface area contributed by atoms with Crippen molar-refractivity contribution in [1.29, 1.82) is 0 Å². The Balaban J connectivity index is 1.54. The van der Waals surface area contributed by atoms with Crippen molar-refractivity contribution in [2.45, 2.75) is 29.4 Å². The molecule has 0 unspecified atom stereocenters. The summed E-state index contributed by atoms with van der Waals surface area (Å²) < 4.78 is 0. The summed E-state index contributed by atoms with van der Waals surface area (Å²) >= 11 is 1.93. The van der Waals surface area contributed by atoms with Crippen LogP contribution in [0.15, 0.2) is 59.6 Å². The Morgan fingerprint density at radius 3 is 2.67 bits per heavy atom. The molecule has 3 aromatic rings. The van der Waals surface area contributed by atoms with Gasteiger partial charge < -0.3 is 9.88 Å². The van der Waals surface area contributed by atoms with E-state index in [2.05, 4.69) is 71.7 Å². The Labute approximate surface area is 148 Å². The van der Waals surface area contributed by atoms with Crippen LogP contribution in [0.1, 0.15) is 29.9 Å². The van der Waals surface area contributed by atoms with Gasteiger partial charge in [-0.25, -0.2) is 0 Å². The van der Waals surface area contributed by atoms with Crippen molar-refractivity contribution in [3.63, 3.8) is 0 Å². The van der Waals surface area contributed by atoms with Gasteiger partial charge in [0.1, 0.15) is 0 Å². The maximum atomic E-state index is 3.47. The van der Waals surface area contributed by atoms with E-state index in [1.165, 1.54) is 52.9 Å². The van der Waals surface area contributed by atoms with Crippen molar-refractivity contribution >= 4 is 22.7 Å². The summed E-state index contributed by atoms with van der Waals surface area (Å²) in [6, 6.07) is 17.6. The summed E-state index contributed by atoms with van der Waals surface area (Å²) in [4.78, 5) is 7.27. The van der Waals surface area contributed by atoms with Crippen LogP contribution in [-0.4, -0.2) is 30.0 Å². The van der Waals surface area contributed by atoms with Gasteiger partial charge in [-0.15, -0.1) is 11.8 Å². The minimum Gasteiger partial charge on any atom is -0.361 e. The standard InChI is InChI=1S/C21H24N2S/c1-23-11-9-17(10-12-23)20-14-22-21-8-7-18(13-19(20)21)24-15-16-5-3-2-4-6-16/h2-8,13-14,17,22H,9-12,15H2,1H3. The minimum absolute atomic E-state index is 0.698. The smallest absolute Gasteiger partial charge is 0.0457 e. The lowest BCUT2D eigenvalue weighted by Gasteiger charge is -2.28. The summed E-state index contributed by atoms with van der Waals surface area (Å²) in [6.45, 7) is 2.42. The Kier molecular flexibility index (Phi) is 4.63. The van der Waals surface area contributed by atoms with Crippen LogP contribution in [-0.2, 0) is 5.75 Å². The van der Waals surface area contributed by atoms with Crippen LogP contribution in [0.2, 0.25) is 0 Å². The molecule has 2 nitrogen and oxygen atoms in total. The van der Waals surface area contributed by atoms with E-state index in [0.717, 1.165) is 5.75 Å². The van der Waals surface area contributed by atoms with Gasteiger partial charge in [-0.05, 0) is 68.2 Å². The maximum Gasteiger partial charge on any atom is 0.0457 e. The van der Waals surface area contributed by atoms with E-state index < -0.39 is 0 Å². The molecule has 2 heterocycles. The SMILES string of the molecule is CN1CCC(c2c[nH]c3ccc(SCc4ccccc4)cc23)CC1.